The summed E-state index contributed by atoms with van der Waals surface area (Å²) in [7, 11) is 0. The first-order valence-corrected chi connectivity index (χ1v) is 9.01. The minimum Gasteiger partial charge on any atom is -0.478 e. The number of rotatable bonds is 6. The molecule has 0 saturated carbocycles. The molecule has 1 aliphatic rings. The van der Waals surface area contributed by atoms with Gasteiger partial charge in [-0.1, -0.05) is 35.5 Å². The lowest BCUT2D eigenvalue weighted by Crippen LogP contribution is -2.11. The smallest absolute Gasteiger partial charge is 0.328 e. The number of nitrogens with two attached hydrogens (primary N) is 1. The summed E-state index contributed by atoms with van der Waals surface area (Å²) in [6.07, 6.45) is 8.20. The quantitative estimate of drug-likeness (QED) is 0.514. The Balaban J connectivity index is 0.000000300. The lowest BCUT2D eigenvalue weighted by molar-refractivity contribution is -0.134. The van der Waals surface area contributed by atoms with Gasteiger partial charge in [0.15, 0.2) is 0 Å². The fourth-order valence-corrected chi connectivity index (χ4v) is 3.08. The van der Waals surface area contributed by atoms with Crippen LogP contribution in [0.2, 0.25) is 0 Å². The number of carboxylic acid groups (broad SMARTS) is 2. The van der Waals surface area contributed by atoms with Gasteiger partial charge in [-0.3, -0.25) is 0 Å². The highest BCUT2D eigenvalue weighted by molar-refractivity contribution is 5.89. The summed E-state index contributed by atoms with van der Waals surface area (Å²) in [5.74, 6) is -1.46. The van der Waals surface area contributed by atoms with Crippen LogP contribution in [0.3, 0.4) is 0 Å². The molecule has 7 nitrogen and oxygen atoms in total. The molecule has 1 unspecified atom stereocenters. The van der Waals surface area contributed by atoms with Crippen molar-refractivity contribution in [2.75, 3.05) is 0 Å². The molecule has 1 aliphatic carbocycles. The molecular weight excluding hydrogens is 360 g/mol. The molecule has 148 valence electrons. The van der Waals surface area contributed by atoms with Gasteiger partial charge in [0.25, 0.3) is 0 Å². The normalized spacial score (nSPS) is 13.9. The molecule has 1 heterocycles. The highest BCUT2D eigenvalue weighted by Crippen LogP contribution is 2.34. The largest absolute Gasteiger partial charge is 0.478 e. The van der Waals surface area contributed by atoms with E-state index in [1.165, 1.54) is 18.4 Å². The first-order valence-electron chi connectivity index (χ1n) is 9.01. The molecule has 1 atom stereocenters. The number of aliphatic carboxylic acids is 2. The molecule has 0 saturated heterocycles. The summed E-state index contributed by atoms with van der Waals surface area (Å²) in [4.78, 5) is 19.1. The van der Waals surface area contributed by atoms with E-state index in [4.69, 9.17) is 20.5 Å². The van der Waals surface area contributed by atoms with Crippen LogP contribution in [0.4, 0.5) is 0 Å². The Labute approximate surface area is 163 Å². The van der Waals surface area contributed by atoms with E-state index in [0.29, 0.717) is 12.2 Å². The summed E-state index contributed by atoms with van der Waals surface area (Å²) in [6.45, 7) is 3.77. The van der Waals surface area contributed by atoms with Gasteiger partial charge in [0.05, 0.1) is 0 Å². The van der Waals surface area contributed by atoms with Crippen molar-refractivity contribution in [3.05, 3.63) is 66.0 Å². The molecule has 0 fully saturated rings. The van der Waals surface area contributed by atoms with Gasteiger partial charge in [-0.2, -0.15) is 0 Å². The third-order valence-corrected chi connectivity index (χ3v) is 4.35. The highest BCUT2D eigenvalue weighted by Gasteiger charge is 2.22. The van der Waals surface area contributed by atoms with Crippen molar-refractivity contribution in [1.82, 2.24) is 5.16 Å². The summed E-state index contributed by atoms with van der Waals surface area (Å²) in [6, 6.07) is 8.18. The van der Waals surface area contributed by atoms with Crippen molar-refractivity contribution in [1.29, 1.82) is 0 Å². The van der Waals surface area contributed by atoms with Gasteiger partial charge in [-0.05, 0) is 31.2 Å². The van der Waals surface area contributed by atoms with E-state index < -0.39 is 11.9 Å². The minimum atomic E-state index is -1.26. The predicted octanol–water partition coefficient (Wildman–Crippen LogP) is 3.51. The molecular formula is C21H24N2O5. The molecule has 0 amide bonds. The van der Waals surface area contributed by atoms with E-state index in [0.717, 1.165) is 41.8 Å². The molecule has 28 heavy (non-hydrogen) atoms. The van der Waals surface area contributed by atoms with E-state index in [1.54, 1.807) is 0 Å². The number of nitrogens with zero attached hydrogens (tertiary/aromatic N) is 1. The number of aromatic nitrogens is 1. The van der Waals surface area contributed by atoms with Gasteiger partial charge in [0, 0.05) is 35.7 Å². The van der Waals surface area contributed by atoms with Crippen LogP contribution in [0, 0.1) is 0 Å². The third kappa shape index (κ3) is 5.65. The van der Waals surface area contributed by atoms with Gasteiger partial charge >= 0.3 is 11.9 Å². The standard InChI is InChI=1S/C17H20N2O.C4H4O4/c1-2-7-15(18)12-8-3-4-9-13(12)17-14-10-5-6-11-16(14)20-19-17;5-3(6)1-2-4(7)8/h2-4,8-9,15H,1,5-7,10-11,18H2;1-2H,(H,5,6)(H,7,8)/b;2-1-. The predicted molar refractivity (Wildman–Crippen MR) is 105 cm³/mol. The lowest BCUT2D eigenvalue weighted by atomic mass is 9.90. The summed E-state index contributed by atoms with van der Waals surface area (Å²) in [5.41, 5.74) is 10.7. The van der Waals surface area contributed by atoms with Gasteiger partial charge in [0.1, 0.15) is 11.5 Å². The van der Waals surface area contributed by atoms with Crippen LogP contribution >= 0.6 is 0 Å². The van der Waals surface area contributed by atoms with Crippen molar-refractivity contribution in [3.8, 4) is 11.3 Å². The Morgan fingerprint density at radius 3 is 2.46 bits per heavy atom. The van der Waals surface area contributed by atoms with Gasteiger partial charge in [-0.15, -0.1) is 6.58 Å². The summed E-state index contributed by atoms with van der Waals surface area (Å²) >= 11 is 0. The van der Waals surface area contributed by atoms with E-state index >= 15 is 0 Å². The first-order chi connectivity index (χ1) is 13.4. The summed E-state index contributed by atoms with van der Waals surface area (Å²) in [5, 5.41) is 19.9. The average molecular weight is 384 g/mol. The molecule has 0 radical (unpaired) electrons. The van der Waals surface area contributed by atoms with E-state index in [1.807, 2.05) is 18.2 Å². The van der Waals surface area contributed by atoms with Crippen LogP contribution in [0.1, 0.15) is 42.2 Å². The van der Waals surface area contributed by atoms with Crippen LogP contribution in [-0.4, -0.2) is 27.3 Å². The Bertz CT molecular complexity index is 853. The van der Waals surface area contributed by atoms with Crippen LogP contribution < -0.4 is 5.73 Å². The van der Waals surface area contributed by atoms with Crippen LogP contribution in [0.15, 0.2) is 53.6 Å². The number of aryl methyl sites for hydroxylation is 1. The second-order valence-electron chi connectivity index (χ2n) is 6.37. The maximum Gasteiger partial charge on any atom is 0.328 e. The van der Waals surface area contributed by atoms with Gasteiger partial charge in [0.2, 0.25) is 0 Å². The van der Waals surface area contributed by atoms with Gasteiger partial charge in [-0.25, -0.2) is 9.59 Å². The van der Waals surface area contributed by atoms with Crippen LogP contribution in [0.25, 0.3) is 11.3 Å². The molecule has 3 rings (SSSR count). The monoisotopic (exact) mass is 384 g/mol. The van der Waals surface area contributed by atoms with Crippen molar-refractivity contribution in [2.24, 2.45) is 5.73 Å². The Kier molecular flexibility index (Phi) is 7.71. The molecule has 4 N–H and O–H groups in total. The van der Waals surface area contributed by atoms with Crippen LogP contribution in [-0.2, 0) is 22.4 Å². The average Bonchev–Trinajstić information content (AvgIpc) is 3.11. The Hall–Kier alpha value is -3.19. The first kappa shape index (κ1) is 21.1. The number of carbonyl (C=O) groups is 2. The Morgan fingerprint density at radius 1 is 1.18 bits per heavy atom. The van der Waals surface area contributed by atoms with Crippen LogP contribution in [0.5, 0.6) is 0 Å². The zero-order valence-corrected chi connectivity index (χ0v) is 15.5. The maximum absolute atomic E-state index is 9.55. The van der Waals surface area contributed by atoms with E-state index in [-0.39, 0.29) is 6.04 Å². The number of carboxylic acids is 2. The SMILES string of the molecule is C=CCC(N)c1ccccc1-c1noc2c1CCCC2.O=C(O)/C=C\C(=O)O. The topological polar surface area (TPSA) is 127 Å². The highest BCUT2D eigenvalue weighted by atomic mass is 16.5. The maximum atomic E-state index is 9.55. The van der Waals surface area contributed by atoms with Crippen molar-refractivity contribution < 1.29 is 24.3 Å². The molecule has 7 heteroatoms. The van der Waals surface area contributed by atoms with E-state index in [9.17, 15) is 9.59 Å². The summed E-state index contributed by atoms with van der Waals surface area (Å²) < 4.78 is 5.53. The third-order valence-electron chi connectivity index (χ3n) is 4.35. The van der Waals surface area contributed by atoms with Crippen molar-refractivity contribution >= 4 is 11.9 Å². The molecule has 1 aromatic carbocycles. The van der Waals surface area contributed by atoms with Crippen molar-refractivity contribution in [3.63, 3.8) is 0 Å². The fraction of sp³-hybridized carbons (Fsp3) is 0.286. The fourth-order valence-electron chi connectivity index (χ4n) is 3.08. The Morgan fingerprint density at radius 2 is 1.82 bits per heavy atom. The zero-order valence-electron chi connectivity index (χ0n) is 15.5. The molecule has 0 bridgehead atoms. The van der Waals surface area contributed by atoms with E-state index in [2.05, 4.69) is 23.9 Å². The number of hydrogen-bond acceptors (Lipinski definition) is 5. The number of benzene rings is 1. The molecule has 0 aliphatic heterocycles. The molecule has 0 spiro atoms. The second-order valence-corrected chi connectivity index (χ2v) is 6.37. The second kappa shape index (κ2) is 10.2. The number of hydrogen-bond donors (Lipinski definition) is 3. The zero-order chi connectivity index (χ0) is 20.5. The lowest BCUT2D eigenvalue weighted by Gasteiger charge is -2.15. The molecule has 2 aromatic rings. The minimum absolute atomic E-state index is 0.0420. The van der Waals surface area contributed by atoms with Gasteiger partial charge < -0.3 is 20.5 Å². The molecule has 1 aromatic heterocycles. The van der Waals surface area contributed by atoms with Crippen molar-refractivity contribution in [2.45, 2.75) is 38.1 Å². The number of fused-ring (bicyclic) bond motifs is 1.